The van der Waals surface area contributed by atoms with Gasteiger partial charge in [-0.2, -0.15) is 0 Å². The van der Waals surface area contributed by atoms with Gasteiger partial charge < -0.3 is 5.32 Å². The lowest BCUT2D eigenvalue weighted by Crippen LogP contribution is -2.28. The standard InChI is InChI=1S/C15H23N/c1-5-16-10-15(9-13(15)4)14-7-11(2)6-12(3)8-14/h6-8,13,16H,5,9-10H2,1-4H3. The molecule has 1 saturated carbocycles. The normalized spacial score (nSPS) is 28.1. The van der Waals surface area contributed by atoms with E-state index in [0.29, 0.717) is 5.41 Å². The summed E-state index contributed by atoms with van der Waals surface area (Å²) < 4.78 is 0. The van der Waals surface area contributed by atoms with Crippen LogP contribution in [-0.4, -0.2) is 13.1 Å². The van der Waals surface area contributed by atoms with Crippen molar-refractivity contribution in [3.63, 3.8) is 0 Å². The van der Waals surface area contributed by atoms with E-state index in [9.17, 15) is 0 Å². The maximum atomic E-state index is 3.52. The number of hydrogen-bond acceptors (Lipinski definition) is 1. The Morgan fingerprint density at radius 2 is 1.81 bits per heavy atom. The predicted octanol–water partition coefficient (Wildman–Crippen LogP) is 3.19. The molecule has 1 aromatic carbocycles. The van der Waals surface area contributed by atoms with Crippen LogP contribution < -0.4 is 5.32 Å². The van der Waals surface area contributed by atoms with Crippen LogP contribution in [0, 0.1) is 19.8 Å². The highest BCUT2D eigenvalue weighted by atomic mass is 14.9. The van der Waals surface area contributed by atoms with Gasteiger partial charge in [0, 0.05) is 12.0 Å². The smallest absolute Gasteiger partial charge is 0.0107 e. The molecule has 0 aromatic heterocycles. The molecule has 2 rings (SSSR count). The molecule has 88 valence electrons. The fraction of sp³-hybridized carbons (Fsp3) is 0.600. The van der Waals surface area contributed by atoms with Crippen molar-refractivity contribution in [2.45, 2.75) is 39.5 Å². The van der Waals surface area contributed by atoms with Gasteiger partial charge in [0.05, 0.1) is 0 Å². The average Bonchev–Trinajstić information content (AvgIpc) is 2.86. The number of likely N-dealkylation sites (N-methyl/N-ethyl adjacent to an activating group) is 1. The first kappa shape index (κ1) is 11.7. The summed E-state index contributed by atoms with van der Waals surface area (Å²) in [5.41, 5.74) is 4.75. The van der Waals surface area contributed by atoms with Crippen molar-refractivity contribution in [2.24, 2.45) is 5.92 Å². The van der Waals surface area contributed by atoms with Gasteiger partial charge in [-0.1, -0.05) is 43.2 Å². The van der Waals surface area contributed by atoms with Crippen LogP contribution >= 0.6 is 0 Å². The topological polar surface area (TPSA) is 12.0 Å². The molecule has 0 heterocycles. The minimum Gasteiger partial charge on any atom is -0.316 e. The number of nitrogens with one attached hydrogen (secondary N) is 1. The van der Waals surface area contributed by atoms with Crippen LogP contribution in [0.1, 0.15) is 37.0 Å². The van der Waals surface area contributed by atoms with Crippen molar-refractivity contribution in [3.8, 4) is 0 Å². The molecular formula is C15H23N. The molecule has 1 fully saturated rings. The lowest BCUT2D eigenvalue weighted by Gasteiger charge is -2.19. The van der Waals surface area contributed by atoms with E-state index in [-0.39, 0.29) is 0 Å². The van der Waals surface area contributed by atoms with Gasteiger partial charge in [0.2, 0.25) is 0 Å². The van der Waals surface area contributed by atoms with E-state index >= 15 is 0 Å². The molecule has 0 radical (unpaired) electrons. The van der Waals surface area contributed by atoms with Gasteiger partial charge in [-0.05, 0) is 38.3 Å². The molecule has 0 amide bonds. The molecule has 1 N–H and O–H groups in total. The first-order valence-electron chi connectivity index (χ1n) is 6.38. The van der Waals surface area contributed by atoms with Crippen LogP contribution in [-0.2, 0) is 5.41 Å². The van der Waals surface area contributed by atoms with E-state index in [1.807, 2.05) is 0 Å². The Labute approximate surface area is 99.3 Å². The lowest BCUT2D eigenvalue weighted by atomic mass is 9.90. The SMILES string of the molecule is CCNCC1(c2cc(C)cc(C)c2)CC1C. The molecule has 1 aromatic rings. The molecule has 16 heavy (non-hydrogen) atoms. The molecule has 1 aliphatic carbocycles. The summed E-state index contributed by atoms with van der Waals surface area (Å²) in [5.74, 6) is 0.827. The van der Waals surface area contributed by atoms with Crippen LogP contribution in [0.2, 0.25) is 0 Å². The summed E-state index contributed by atoms with van der Waals surface area (Å²) in [6.07, 6.45) is 1.34. The Hall–Kier alpha value is -0.820. The molecule has 1 heteroatoms. The molecule has 1 aliphatic rings. The summed E-state index contributed by atoms with van der Waals surface area (Å²) in [6.45, 7) is 11.2. The van der Waals surface area contributed by atoms with Gasteiger partial charge in [-0.3, -0.25) is 0 Å². The highest BCUT2D eigenvalue weighted by Crippen LogP contribution is 2.53. The zero-order chi connectivity index (χ0) is 11.8. The number of aryl methyl sites for hydroxylation is 2. The largest absolute Gasteiger partial charge is 0.316 e. The van der Waals surface area contributed by atoms with E-state index < -0.39 is 0 Å². The van der Waals surface area contributed by atoms with Crippen molar-refractivity contribution in [1.82, 2.24) is 5.32 Å². The molecule has 1 nitrogen and oxygen atoms in total. The number of benzene rings is 1. The highest BCUT2D eigenvalue weighted by molar-refractivity contribution is 5.39. The second-order valence-corrected chi connectivity index (χ2v) is 5.42. The predicted molar refractivity (Wildman–Crippen MR) is 69.9 cm³/mol. The van der Waals surface area contributed by atoms with Crippen molar-refractivity contribution in [2.75, 3.05) is 13.1 Å². The molecule has 0 spiro atoms. The Morgan fingerprint density at radius 3 is 2.25 bits per heavy atom. The Balaban J connectivity index is 2.27. The number of hydrogen-bond donors (Lipinski definition) is 1. The first-order chi connectivity index (χ1) is 7.58. The van der Waals surface area contributed by atoms with Gasteiger partial charge in [-0.15, -0.1) is 0 Å². The average molecular weight is 217 g/mol. The quantitative estimate of drug-likeness (QED) is 0.816. The van der Waals surface area contributed by atoms with Crippen molar-refractivity contribution in [1.29, 1.82) is 0 Å². The summed E-state index contributed by atoms with van der Waals surface area (Å²) in [5, 5.41) is 3.52. The molecular weight excluding hydrogens is 194 g/mol. The van der Waals surface area contributed by atoms with Crippen LogP contribution in [0.15, 0.2) is 18.2 Å². The summed E-state index contributed by atoms with van der Waals surface area (Å²) in [7, 11) is 0. The Kier molecular flexibility index (Phi) is 3.07. The molecule has 2 atom stereocenters. The fourth-order valence-corrected chi connectivity index (χ4v) is 2.85. The monoisotopic (exact) mass is 217 g/mol. The summed E-state index contributed by atoms with van der Waals surface area (Å²) in [6, 6.07) is 7.00. The van der Waals surface area contributed by atoms with Gasteiger partial charge in [0.1, 0.15) is 0 Å². The summed E-state index contributed by atoms with van der Waals surface area (Å²) >= 11 is 0. The molecule has 0 bridgehead atoms. The third kappa shape index (κ3) is 2.01. The van der Waals surface area contributed by atoms with Gasteiger partial charge in [-0.25, -0.2) is 0 Å². The van der Waals surface area contributed by atoms with Crippen LogP contribution in [0.4, 0.5) is 0 Å². The third-order valence-corrected chi connectivity index (χ3v) is 3.94. The van der Waals surface area contributed by atoms with Gasteiger partial charge >= 0.3 is 0 Å². The fourth-order valence-electron chi connectivity index (χ4n) is 2.85. The highest BCUT2D eigenvalue weighted by Gasteiger charge is 2.51. The Morgan fingerprint density at radius 1 is 1.25 bits per heavy atom. The second-order valence-electron chi connectivity index (χ2n) is 5.42. The minimum atomic E-state index is 0.423. The van der Waals surface area contributed by atoms with E-state index in [1.165, 1.54) is 17.5 Å². The van der Waals surface area contributed by atoms with Gasteiger partial charge in [0.25, 0.3) is 0 Å². The second kappa shape index (κ2) is 4.21. The molecule has 2 unspecified atom stereocenters. The van der Waals surface area contributed by atoms with E-state index in [1.54, 1.807) is 5.56 Å². The zero-order valence-electron chi connectivity index (χ0n) is 10.9. The van der Waals surface area contributed by atoms with Crippen molar-refractivity contribution in [3.05, 3.63) is 34.9 Å². The van der Waals surface area contributed by atoms with Crippen molar-refractivity contribution < 1.29 is 0 Å². The minimum absolute atomic E-state index is 0.423. The van der Waals surface area contributed by atoms with Gasteiger partial charge in [0.15, 0.2) is 0 Å². The maximum absolute atomic E-state index is 3.52. The zero-order valence-corrected chi connectivity index (χ0v) is 10.9. The molecule has 0 aliphatic heterocycles. The maximum Gasteiger partial charge on any atom is 0.0107 e. The Bertz CT molecular complexity index is 363. The molecule has 0 saturated heterocycles. The van der Waals surface area contributed by atoms with E-state index in [0.717, 1.165) is 19.0 Å². The number of rotatable bonds is 4. The van der Waals surface area contributed by atoms with Crippen LogP contribution in [0.5, 0.6) is 0 Å². The van der Waals surface area contributed by atoms with Crippen LogP contribution in [0.25, 0.3) is 0 Å². The lowest BCUT2D eigenvalue weighted by molar-refractivity contribution is 0.555. The van der Waals surface area contributed by atoms with E-state index in [4.69, 9.17) is 0 Å². The van der Waals surface area contributed by atoms with E-state index in [2.05, 4.69) is 51.2 Å². The first-order valence-corrected chi connectivity index (χ1v) is 6.38. The summed E-state index contributed by atoms with van der Waals surface area (Å²) in [4.78, 5) is 0. The van der Waals surface area contributed by atoms with Crippen LogP contribution in [0.3, 0.4) is 0 Å². The van der Waals surface area contributed by atoms with Crippen molar-refractivity contribution >= 4 is 0 Å². The third-order valence-electron chi connectivity index (χ3n) is 3.94.